The lowest BCUT2D eigenvalue weighted by Crippen LogP contribution is -2.30. The smallest absolute Gasteiger partial charge is 0.343 e. The van der Waals surface area contributed by atoms with E-state index in [1.807, 2.05) is 12.4 Å². The van der Waals surface area contributed by atoms with Crippen LogP contribution in [0.5, 0.6) is 5.75 Å². The van der Waals surface area contributed by atoms with Gasteiger partial charge in [0.25, 0.3) is 0 Å². The first-order valence-corrected chi connectivity index (χ1v) is 5.08. The van der Waals surface area contributed by atoms with Crippen molar-refractivity contribution >= 4 is 17.7 Å². The molecule has 0 aliphatic rings. The lowest BCUT2D eigenvalue weighted by Gasteiger charge is -2.09. The van der Waals surface area contributed by atoms with E-state index < -0.39 is 18.6 Å². The van der Waals surface area contributed by atoms with E-state index in [0.717, 1.165) is 5.56 Å². The van der Waals surface area contributed by atoms with Crippen LogP contribution < -0.4 is 15.5 Å². The number of urea groups is 1. The van der Waals surface area contributed by atoms with Crippen molar-refractivity contribution in [1.29, 1.82) is 0 Å². The van der Waals surface area contributed by atoms with Crippen molar-refractivity contribution in [3.63, 3.8) is 0 Å². The minimum atomic E-state index is -1.17. The number of nitrogens with one attached hydrogen (secondary N) is 2. The molecule has 0 fully saturated rings. The van der Waals surface area contributed by atoms with Crippen molar-refractivity contribution in [3.05, 3.63) is 23.8 Å². The molecule has 98 valence electrons. The first kappa shape index (κ1) is 13.8. The number of rotatable bonds is 5. The van der Waals surface area contributed by atoms with Crippen LogP contribution in [0.15, 0.2) is 18.2 Å². The second-order valence-electron chi connectivity index (χ2n) is 3.42. The van der Waals surface area contributed by atoms with Crippen molar-refractivity contribution in [2.75, 3.05) is 19.0 Å². The number of amides is 2. The average Bonchev–Trinajstić information content (AvgIpc) is 2.28. The van der Waals surface area contributed by atoms with Gasteiger partial charge in [-0.05, 0) is 30.7 Å². The van der Waals surface area contributed by atoms with Gasteiger partial charge < -0.3 is 15.2 Å². The van der Waals surface area contributed by atoms with Gasteiger partial charge in [0.1, 0.15) is 5.75 Å². The summed E-state index contributed by atoms with van der Waals surface area (Å²) >= 11 is 0. The average molecular weight is 254 g/mol. The number of hydrogen-bond acceptors (Lipinski definition) is 4. The molecular weight excluding hydrogens is 240 g/mol. The maximum atomic E-state index is 11.3. The number of aliphatic carboxylic acids is 1. The van der Waals surface area contributed by atoms with Crippen molar-refractivity contribution in [3.8, 4) is 5.75 Å². The highest BCUT2D eigenvalue weighted by Crippen LogP contribution is 2.21. The fourth-order valence-corrected chi connectivity index (χ4v) is 1.28. The molecule has 1 aromatic rings. The molecule has 0 aliphatic heterocycles. The van der Waals surface area contributed by atoms with E-state index in [1.165, 1.54) is 0 Å². The number of carbonyl (C=O) groups is 2. The molecule has 0 atom stereocenters. The SMILES string of the molecule is COc1ccc(NC(=O)NOCC(=O)O)cc1C. The summed E-state index contributed by atoms with van der Waals surface area (Å²) in [5, 5.41) is 10.8. The highest BCUT2D eigenvalue weighted by Gasteiger charge is 2.05. The van der Waals surface area contributed by atoms with Gasteiger partial charge in [0.2, 0.25) is 0 Å². The monoisotopic (exact) mass is 254 g/mol. The third kappa shape index (κ3) is 4.30. The number of carboxylic acids is 1. The fourth-order valence-electron chi connectivity index (χ4n) is 1.28. The number of ether oxygens (including phenoxy) is 1. The molecule has 1 rings (SSSR count). The fraction of sp³-hybridized carbons (Fsp3) is 0.273. The molecule has 0 aromatic heterocycles. The molecule has 7 nitrogen and oxygen atoms in total. The predicted octanol–water partition coefficient (Wildman–Crippen LogP) is 1.14. The summed E-state index contributed by atoms with van der Waals surface area (Å²) < 4.78 is 5.08. The Morgan fingerprint density at radius 3 is 2.67 bits per heavy atom. The van der Waals surface area contributed by atoms with E-state index in [1.54, 1.807) is 25.3 Å². The Labute approximate surface area is 104 Å². The molecule has 0 saturated carbocycles. The van der Waals surface area contributed by atoms with Gasteiger partial charge in [-0.3, -0.25) is 4.84 Å². The Morgan fingerprint density at radius 1 is 1.39 bits per heavy atom. The topological polar surface area (TPSA) is 96.9 Å². The lowest BCUT2D eigenvalue weighted by atomic mass is 10.2. The molecule has 0 saturated heterocycles. The Balaban J connectivity index is 2.49. The van der Waals surface area contributed by atoms with Gasteiger partial charge >= 0.3 is 12.0 Å². The van der Waals surface area contributed by atoms with Crippen LogP contribution in [0.25, 0.3) is 0 Å². The zero-order chi connectivity index (χ0) is 13.5. The zero-order valence-electron chi connectivity index (χ0n) is 10.0. The molecule has 0 bridgehead atoms. The van der Waals surface area contributed by atoms with Gasteiger partial charge in [-0.25, -0.2) is 15.1 Å². The van der Waals surface area contributed by atoms with Crippen molar-refractivity contribution in [1.82, 2.24) is 5.48 Å². The van der Waals surface area contributed by atoms with E-state index in [2.05, 4.69) is 10.2 Å². The predicted molar refractivity (Wildman–Crippen MR) is 63.5 cm³/mol. The number of carboxylic acid groups (broad SMARTS) is 1. The number of methoxy groups -OCH3 is 1. The summed E-state index contributed by atoms with van der Waals surface area (Å²) in [6, 6.07) is 4.43. The number of hydrogen-bond donors (Lipinski definition) is 3. The summed E-state index contributed by atoms with van der Waals surface area (Å²) in [4.78, 5) is 25.8. The van der Waals surface area contributed by atoms with Crippen molar-refractivity contribution in [2.45, 2.75) is 6.92 Å². The maximum Gasteiger partial charge on any atom is 0.343 e. The van der Waals surface area contributed by atoms with Crippen LogP contribution in [-0.4, -0.2) is 30.8 Å². The van der Waals surface area contributed by atoms with Crippen LogP contribution in [0.1, 0.15) is 5.56 Å². The lowest BCUT2D eigenvalue weighted by molar-refractivity contribution is -0.143. The second-order valence-corrected chi connectivity index (χ2v) is 3.42. The normalized spacial score (nSPS) is 9.67. The zero-order valence-corrected chi connectivity index (χ0v) is 10.0. The number of aryl methyl sites for hydroxylation is 1. The molecule has 2 amide bonds. The highest BCUT2D eigenvalue weighted by molar-refractivity contribution is 5.88. The van der Waals surface area contributed by atoms with Crippen LogP contribution in [0.4, 0.5) is 10.5 Å². The molecule has 0 radical (unpaired) electrons. The van der Waals surface area contributed by atoms with Crippen LogP contribution in [0.3, 0.4) is 0 Å². The van der Waals surface area contributed by atoms with Crippen molar-refractivity contribution in [2.24, 2.45) is 0 Å². The van der Waals surface area contributed by atoms with Crippen molar-refractivity contribution < 1.29 is 24.3 Å². The third-order valence-corrected chi connectivity index (χ3v) is 2.01. The summed E-state index contributed by atoms with van der Waals surface area (Å²) in [5.41, 5.74) is 3.36. The summed E-state index contributed by atoms with van der Waals surface area (Å²) in [6.45, 7) is 1.23. The molecule has 0 heterocycles. The van der Waals surface area contributed by atoms with E-state index >= 15 is 0 Å². The minimum Gasteiger partial charge on any atom is -0.496 e. The van der Waals surface area contributed by atoms with Gasteiger partial charge in [-0.2, -0.15) is 0 Å². The van der Waals surface area contributed by atoms with Gasteiger partial charge in [0, 0.05) is 5.69 Å². The largest absolute Gasteiger partial charge is 0.496 e. The number of carbonyl (C=O) groups excluding carboxylic acids is 1. The summed E-state index contributed by atoms with van der Waals surface area (Å²) in [5.74, 6) is -0.460. The summed E-state index contributed by atoms with van der Waals surface area (Å²) in [6.07, 6.45) is 0. The Kier molecular flexibility index (Phi) is 4.94. The van der Waals surface area contributed by atoms with Crippen LogP contribution >= 0.6 is 0 Å². The maximum absolute atomic E-state index is 11.3. The minimum absolute atomic E-state index is 0.546. The first-order chi connectivity index (χ1) is 8.52. The Bertz CT molecular complexity index is 447. The van der Waals surface area contributed by atoms with E-state index in [4.69, 9.17) is 9.84 Å². The second kappa shape index (κ2) is 6.45. The van der Waals surface area contributed by atoms with Crippen LogP contribution in [0.2, 0.25) is 0 Å². The summed E-state index contributed by atoms with van der Waals surface area (Å²) in [7, 11) is 1.56. The molecule has 18 heavy (non-hydrogen) atoms. The van der Waals surface area contributed by atoms with Gasteiger partial charge in [-0.15, -0.1) is 0 Å². The number of benzene rings is 1. The van der Waals surface area contributed by atoms with Crippen LogP contribution in [-0.2, 0) is 9.63 Å². The molecule has 0 aliphatic carbocycles. The molecule has 7 heteroatoms. The standard InChI is InChI=1S/C11H14N2O5/c1-7-5-8(3-4-9(7)17-2)12-11(16)13-18-6-10(14)15/h3-5H,6H2,1-2H3,(H,14,15)(H2,12,13,16). The van der Waals surface area contributed by atoms with Crippen LogP contribution in [0, 0.1) is 6.92 Å². The molecule has 3 N–H and O–H groups in total. The van der Waals surface area contributed by atoms with Gasteiger partial charge in [0.15, 0.2) is 6.61 Å². The van der Waals surface area contributed by atoms with E-state index in [-0.39, 0.29) is 0 Å². The molecular formula is C11H14N2O5. The van der Waals surface area contributed by atoms with E-state index in [9.17, 15) is 9.59 Å². The Hall–Kier alpha value is -2.28. The Morgan fingerprint density at radius 2 is 2.11 bits per heavy atom. The van der Waals surface area contributed by atoms with Gasteiger partial charge in [-0.1, -0.05) is 0 Å². The number of hydroxylamine groups is 1. The molecule has 1 aromatic carbocycles. The highest BCUT2D eigenvalue weighted by atomic mass is 16.7. The third-order valence-electron chi connectivity index (χ3n) is 2.01. The molecule has 0 unspecified atom stereocenters. The first-order valence-electron chi connectivity index (χ1n) is 5.08. The molecule has 0 spiro atoms. The van der Waals surface area contributed by atoms with Gasteiger partial charge in [0.05, 0.1) is 7.11 Å². The number of anilines is 1. The van der Waals surface area contributed by atoms with E-state index in [0.29, 0.717) is 11.4 Å². The quantitative estimate of drug-likeness (QED) is 0.685.